The summed E-state index contributed by atoms with van der Waals surface area (Å²) < 4.78 is 0.979. The van der Waals surface area contributed by atoms with Gasteiger partial charge in [0.15, 0.2) is 0 Å². The van der Waals surface area contributed by atoms with E-state index in [1.807, 2.05) is 36.4 Å². The minimum atomic E-state index is -0.156. The number of benzene rings is 2. The van der Waals surface area contributed by atoms with Crippen molar-refractivity contribution < 1.29 is 9.59 Å². The summed E-state index contributed by atoms with van der Waals surface area (Å²) >= 11 is 2.18. The lowest BCUT2D eigenvalue weighted by Gasteiger charge is -2.12. The third-order valence-electron chi connectivity index (χ3n) is 3.67. The van der Waals surface area contributed by atoms with Crippen LogP contribution in [0.15, 0.2) is 48.5 Å². The number of para-hydroxylation sites is 2. The molecular weight excluding hydrogens is 417 g/mol. The zero-order valence-corrected chi connectivity index (χ0v) is 15.2. The molecule has 1 aliphatic rings. The Hall–Kier alpha value is -2.09. The predicted molar refractivity (Wildman–Crippen MR) is 103 cm³/mol. The van der Waals surface area contributed by atoms with Gasteiger partial charge in [-0.3, -0.25) is 9.59 Å². The molecule has 1 fully saturated rings. The van der Waals surface area contributed by atoms with Crippen LogP contribution in [0.2, 0.25) is 0 Å². The van der Waals surface area contributed by atoms with Crippen molar-refractivity contribution in [1.29, 1.82) is 0 Å². The molecule has 0 aromatic heterocycles. The van der Waals surface area contributed by atoms with Crippen molar-refractivity contribution >= 4 is 45.8 Å². The van der Waals surface area contributed by atoms with Gasteiger partial charge < -0.3 is 16.0 Å². The van der Waals surface area contributed by atoms with Crippen LogP contribution in [-0.2, 0) is 4.79 Å². The second kappa shape index (κ2) is 7.65. The van der Waals surface area contributed by atoms with Crippen LogP contribution < -0.4 is 16.0 Å². The predicted octanol–water partition coefficient (Wildman–Crippen LogP) is 3.23. The highest BCUT2D eigenvalue weighted by atomic mass is 127. The first-order valence-corrected chi connectivity index (χ1v) is 8.89. The third-order valence-corrected chi connectivity index (χ3v) is 4.61. The van der Waals surface area contributed by atoms with Crippen molar-refractivity contribution in [2.75, 3.05) is 17.2 Å². The Balaban J connectivity index is 1.61. The van der Waals surface area contributed by atoms with Gasteiger partial charge in [0, 0.05) is 15.3 Å². The minimum Gasteiger partial charge on any atom is -0.376 e. The van der Waals surface area contributed by atoms with E-state index in [0.717, 1.165) is 22.1 Å². The van der Waals surface area contributed by atoms with E-state index in [0.29, 0.717) is 17.3 Å². The fourth-order valence-electron chi connectivity index (χ4n) is 2.26. The molecule has 0 unspecified atom stereocenters. The van der Waals surface area contributed by atoms with Gasteiger partial charge in [-0.2, -0.15) is 0 Å². The van der Waals surface area contributed by atoms with Gasteiger partial charge in [0.2, 0.25) is 5.91 Å². The van der Waals surface area contributed by atoms with E-state index in [4.69, 9.17) is 0 Å². The first kappa shape index (κ1) is 16.8. The van der Waals surface area contributed by atoms with Crippen molar-refractivity contribution in [2.45, 2.75) is 18.9 Å². The van der Waals surface area contributed by atoms with E-state index in [1.54, 1.807) is 12.1 Å². The van der Waals surface area contributed by atoms with Gasteiger partial charge in [-0.1, -0.05) is 24.3 Å². The van der Waals surface area contributed by atoms with Crippen LogP contribution in [0.25, 0.3) is 0 Å². The molecule has 3 N–H and O–H groups in total. The molecule has 2 aromatic carbocycles. The molecule has 0 spiro atoms. The Morgan fingerprint density at radius 1 is 1.00 bits per heavy atom. The molecule has 0 bridgehead atoms. The van der Waals surface area contributed by atoms with Crippen LogP contribution >= 0.6 is 22.6 Å². The average Bonchev–Trinajstić information content (AvgIpc) is 3.39. The van der Waals surface area contributed by atoms with Crippen LogP contribution in [0, 0.1) is 3.57 Å². The Kier molecular flexibility index (Phi) is 5.34. The van der Waals surface area contributed by atoms with Gasteiger partial charge in [0.1, 0.15) is 0 Å². The third kappa shape index (κ3) is 4.47. The quantitative estimate of drug-likeness (QED) is 0.611. The molecule has 0 heterocycles. The van der Waals surface area contributed by atoms with E-state index >= 15 is 0 Å². The Labute approximate surface area is 154 Å². The summed E-state index contributed by atoms with van der Waals surface area (Å²) in [5.41, 5.74) is 2.00. The van der Waals surface area contributed by atoms with Crippen LogP contribution in [0.4, 0.5) is 11.4 Å². The number of rotatable bonds is 6. The fourth-order valence-corrected chi connectivity index (χ4v) is 2.78. The highest BCUT2D eigenvalue weighted by Crippen LogP contribution is 2.21. The number of amides is 2. The molecule has 2 amide bonds. The lowest BCUT2D eigenvalue weighted by atomic mass is 10.1. The van der Waals surface area contributed by atoms with Crippen LogP contribution in [-0.4, -0.2) is 24.4 Å². The van der Waals surface area contributed by atoms with Gasteiger partial charge in [-0.25, -0.2) is 0 Å². The fraction of sp³-hybridized carbons (Fsp3) is 0.222. The van der Waals surface area contributed by atoms with Crippen LogP contribution in [0.1, 0.15) is 23.2 Å². The summed E-state index contributed by atoms with van der Waals surface area (Å²) in [4.78, 5) is 24.4. The molecule has 124 valence electrons. The van der Waals surface area contributed by atoms with E-state index in [2.05, 4.69) is 38.5 Å². The lowest BCUT2D eigenvalue weighted by molar-refractivity contribution is -0.114. The van der Waals surface area contributed by atoms with Gasteiger partial charge in [-0.15, -0.1) is 0 Å². The van der Waals surface area contributed by atoms with Gasteiger partial charge >= 0.3 is 0 Å². The number of anilines is 2. The number of hydrogen-bond donors (Lipinski definition) is 3. The van der Waals surface area contributed by atoms with E-state index in [-0.39, 0.29) is 18.4 Å². The van der Waals surface area contributed by atoms with Crippen molar-refractivity contribution in [1.82, 2.24) is 5.32 Å². The second-order valence-electron chi connectivity index (χ2n) is 5.67. The number of halogens is 1. The van der Waals surface area contributed by atoms with Crippen molar-refractivity contribution in [2.24, 2.45) is 0 Å². The highest BCUT2D eigenvalue weighted by molar-refractivity contribution is 14.1. The molecular formula is C18H18IN3O2. The molecule has 6 heteroatoms. The molecule has 0 atom stereocenters. The topological polar surface area (TPSA) is 70.2 Å². The number of nitrogens with one attached hydrogen (secondary N) is 3. The molecule has 0 aliphatic heterocycles. The molecule has 1 aliphatic carbocycles. The Morgan fingerprint density at radius 3 is 2.38 bits per heavy atom. The van der Waals surface area contributed by atoms with Crippen molar-refractivity contribution in [3.8, 4) is 0 Å². The summed E-state index contributed by atoms with van der Waals surface area (Å²) in [6.07, 6.45) is 2.08. The van der Waals surface area contributed by atoms with Crippen LogP contribution in [0.5, 0.6) is 0 Å². The molecule has 3 rings (SSSR count). The summed E-state index contributed by atoms with van der Waals surface area (Å²) in [6, 6.07) is 15.1. The normalized spacial score (nSPS) is 13.2. The summed E-state index contributed by atoms with van der Waals surface area (Å²) in [5.74, 6) is -0.255. The van der Waals surface area contributed by atoms with E-state index in [1.165, 1.54) is 0 Å². The van der Waals surface area contributed by atoms with Crippen molar-refractivity contribution in [3.63, 3.8) is 0 Å². The second-order valence-corrected chi connectivity index (χ2v) is 6.84. The maximum absolute atomic E-state index is 12.2. The Bertz CT molecular complexity index is 759. The summed E-state index contributed by atoms with van der Waals surface area (Å²) in [7, 11) is 0. The Morgan fingerprint density at radius 2 is 1.67 bits per heavy atom. The maximum atomic E-state index is 12.2. The zero-order valence-electron chi connectivity index (χ0n) is 13.0. The van der Waals surface area contributed by atoms with Gasteiger partial charge in [-0.05, 0) is 59.7 Å². The number of carbonyl (C=O) groups is 2. The maximum Gasteiger partial charge on any atom is 0.253 e. The number of carbonyl (C=O) groups excluding carboxylic acids is 2. The molecule has 1 saturated carbocycles. The van der Waals surface area contributed by atoms with E-state index < -0.39 is 0 Å². The molecule has 5 nitrogen and oxygen atoms in total. The number of hydrogen-bond acceptors (Lipinski definition) is 3. The highest BCUT2D eigenvalue weighted by Gasteiger charge is 2.24. The molecule has 0 saturated heterocycles. The summed E-state index contributed by atoms with van der Waals surface area (Å²) in [6.45, 7) is 0.0959. The summed E-state index contributed by atoms with van der Waals surface area (Å²) in [5, 5.41) is 8.88. The minimum absolute atomic E-state index is 0.0959. The molecule has 2 aromatic rings. The first-order valence-electron chi connectivity index (χ1n) is 7.81. The standard InChI is InChI=1S/C18H18IN3O2/c19-14-6-2-4-8-16(14)22-17(23)11-20-15-7-3-1-5-13(15)18(24)21-12-9-10-12/h1-8,12,20H,9-11H2,(H,21,24)(H,22,23). The monoisotopic (exact) mass is 435 g/mol. The lowest BCUT2D eigenvalue weighted by Crippen LogP contribution is -2.27. The zero-order chi connectivity index (χ0) is 16.9. The largest absolute Gasteiger partial charge is 0.376 e. The van der Waals surface area contributed by atoms with Gasteiger partial charge in [0.05, 0.1) is 17.8 Å². The molecule has 24 heavy (non-hydrogen) atoms. The smallest absolute Gasteiger partial charge is 0.253 e. The SMILES string of the molecule is O=C(CNc1ccccc1C(=O)NC1CC1)Nc1ccccc1I. The average molecular weight is 435 g/mol. The van der Waals surface area contributed by atoms with Crippen molar-refractivity contribution in [3.05, 3.63) is 57.7 Å². The van der Waals surface area contributed by atoms with Gasteiger partial charge in [0.25, 0.3) is 5.91 Å². The first-order chi connectivity index (χ1) is 11.6. The van der Waals surface area contributed by atoms with E-state index in [9.17, 15) is 9.59 Å². The van der Waals surface area contributed by atoms with Crippen LogP contribution in [0.3, 0.4) is 0 Å². The molecule has 0 radical (unpaired) electrons.